The summed E-state index contributed by atoms with van der Waals surface area (Å²) in [6.45, 7) is 4.91. The highest BCUT2D eigenvalue weighted by molar-refractivity contribution is 5.08. The molecule has 0 aliphatic heterocycles. The lowest BCUT2D eigenvalue weighted by atomic mass is 9.97. The summed E-state index contributed by atoms with van der Waals surface area (Å²) in [4.78, 5) is 0. The van der Waals surface area contributed by atoms with Crippen LogP contribution in [0.25, 0.3) is 0 Å². The predicted molar refractivity (Wildman–Crippen MR) is 53.6 cm³/mol. The van der Waals surface area contributed by atoms with E-state index in [1.54, 1.807) is 10.9 Å². The van der Waals surface area contributed by atoms with E-state index in [0.717, 1.165) is 13.0 Å². The van der Waals surface area contributed by atoms with Crippen molar-refractivity contribution >= 4 is 0 Å². The highest BCUT2D eigenvalue weighted by Crippen LogP contribution is 2.22. The van der Waals surface area contributed by atoms with Crippen LogP contribution in [0.3, 0.4) is 0 Å². The van der Waals surface area contributed by atoms with Gasteiger partial charge in [0.05, 0.1) is 11.9 Å². The second-order valence-electron chi connectivity index (χ2n) is 3.43. The molecule has 0 spiro atoms. The monoisotopic (exact) mass is 198 g/mol. The van der Waals surface area contributed by atoms with Gasteiger partial charge in [-0.25, -0.2) is 4.68 Å². The van der Waals surface area contributed by atoms with E-state index in [4.69, 9.17) is 5.73 Å². The number of aryl methyl sites for hydroxylation is 1. The molecule has 80 valence electrons. The molecule has 1 aromatic heterocycles. The maximum atomic E-state index is 10.2. The number of hydrogen-bond acceptors (Lipinski definition) is 4. The van der Waals surface area contributed by atoms with Crippen molar-refractivity contribution in [1.29, 1.82) is 0 Å². The summed E-state index contributed by atoms with van der Waals surface area (Å²) in [7, 11) is 0. The minimum Gasteiger partial charge on any atom is -0.382 e. The molecule has 0 saturated carbocycles. The first-order chi connectivity index (χ1) is 6.68. The van der Waals surface area contributed by atoms with Crippen molar-refractivity contribution in [2.75, 3.05) is 6.54 Å². The average molecular weight is 198 g/mol. The number of aliphatic hydroxyl groups is 1. The van der Waals surface area contributed by atoms with Gasteiger partial charge < -0.3 is 10.8 Å². The molecule has 1 heterocycles. The fourth-order valence-electron chi connectivity index (χ4n) is 1.43. The highest BCUT2D eigenvalue weighted by atomic mass is 16.3. The Morgan fingerprint density at radius 2 is 2.29 bits per heavy atom. The van der Waals surface area contributed by atoms with Crippen molar-refractivity contribution in [1.82, 2.24) is 15.0 Å². The van der Waals surface area contributed by atoms with E-state index in [-0.39, 0.29) is 6.54 Å². The molecular formula is C9H18N4O. The summed E-state index contributed by atoms with van der Waals surface area (Å²) in [5, 5.41) is 17.9. The Morgan fingerprint density at radius 3 is 2.79 bits per heavy atom. The summed E-state index contributed by atoms with van der Waals surface area (Å²) in [6, 6.07) is 0. The Hall–Kier alpha value is -0.940. The van der Waals surface area contributed by atoms with Crippen LogP contribution in [-0.2, 0) is 12.1 Å². The van der Waals surface area contributed by atoms with Crippen molar-refractivity contribution in [3.8, 4) is 0 Å². The van der Waals surface area contributed by atoms with E-state index in [0.29, 0.717) is 12.1 Å². The van der Waals surface area contributed by atoms with Crippen LogP contribution in [0.15, 0.2) is 6.20 Å². The SMILES string of the molecule is CCCn1nncc1C(O)(CC)CN. The molecule has 3 N–H and O–H groups in total. The maximum Gasteiger partial charge on any atom is 0.120 e. The minimum absolute atomic E-state index is 0.195. The van der Waals surface area contributed by atoms with E-state index in [2.05, 4.69) is 17.2 Å². The standard InChI is InChI=1S/C9H18N4O/c1-3-5-13-8(6-11-12-13)9(14,4-2)7-10/h6,14H,3-5,7,10H2,1-2H3. The zero-order chi connectivity index (χ0) is 10.6. The van der Waals surface area contributed by atoms with Crippen molar-refractivity contribution in [2.24, 2.45) is 5.73 Å². The summed E-state index contributed by atoms with van der Waals surface area (Å²) in [5.41, 5.74) is 5.28. The van der Waals surface area contributed by atoms with Crippen LogP contribution >= 0.6 is 0 Å². The molecule has 0 radical (unpaired) electrons. The predicted octanol–water partition coefficient (Wildman–Crippen LogP) is 0.244. The van der Waals surface area contributed by atoms with E-state index in [1.807, 2.05) is 6.92 Å². The second-order valence-corrected chi connectivity index (χ2v) is 3.43. The van der Waals surface area contributed by atoms with Crippen molar-refractivity contribution < 1.29 is 5.11 Å². The number of nitrogens with zero attached hydrogens (tertiary/aromatic N) is 3. The Balaban J connectivity index is 2.97. The van der Waals surface area contributed by atoms with Gasteiger partial charge in [0.2, 0.25) is 0 Å². The van der Waals surface area contributed by atoms with Crippen molar-refractivity contribution in [3.63, 3.8) is 0 Å². The average Bonchev–Trinajstić information content (AvgIpc) is 2.66. The summed E-state index contributed by atoms with van der Waals surface area (Å²) >= 11 is 0. The molecule has 0 aliphatic carbocycles. The lowest BCUT2D eigenvalue weighted by Crippen LogP contribution is -2.36. The van der Waals surface area contributed by atoms with E-state index in [9.17, 15) is 5.11 Å². The van der Waals surface area contributed by atoms with Crippen LogP contribution in [0.5, 0.6) is 0 Å². The Morgan fingerprint density at radius 1 is 1.57 bits per heavy atom. The van der Waals surface area contributed by atoms with E-state index < -0.39 is 5.60 Å². The van der Waals surface area contributed by atoms with Gasteiger partial charge in [-0.3, -0.25) is 0 Å². The molecular weight excluding hydrogens is 180 g/mol. The first-order valence-corrected chi connectivity index (χ1v) is 4.99. The first kappa shape index (κ1) is 11.1. The molecule has 0 amide bonds. The van der Waals surface area contributed by atoms with Gasteiger partial charge in [-0.15, -0.1) is 5.10 Å². The van der Waals surface area contributed by atoms with Crippen LogP contribution in [0.4, 0.5) is 0 Å². The molecule has 1 atom stereocenters. The summed E-state index contributed by atoms with van der Waals surface area (Å²) in [6.07, 6.45) is 3.12. The van der Waals surface area contributed by atoms with Crippen molar-refractivity contribution in [2.45, 2.75) is 38.8 Å². The van der Waals surface area contributed by atoms with Gasteiger partial charge in [0, 0.05) is 13.1 Å². The first-order valence-electron chi connectivity index (χ1n) is 4.99. The van der Waals surface area contributed by atoms with Gasteiger partial charge in [0.15, 0.2) is 0 Å². The van der Waals surface area contributed by atoms with Crippen LogP contribution in [-0.4, -0.2) is 26.6 Å². The molecule has 0 bridgehead atoms. The van der Waals surface area contributed by atoms with E-state index in [1.165, 1.54) is 0 Å². The number of rotatable bonds is 5. The fraction of sp³-hybridized carbons (Fsp3) is 0.778. The summed E-state index contributed by atoms with van der Waals surface area (Å²) in [5.74, 6) is 0. The Labute approximate surface area is 83.9 Å². The van der Waals surface area contributed by atoms with Gasteiger partial charge in [-0.05, 0) is 12.8 Å². The number of hydrogen-bond donors (Lipinski definition) is 2. The lowest BCUT2D eigenvalue weighted by molar-refractivity contribution is 0.0324. The lowest BCUT2D eigenvalue weighted by Gasteiger charge is -2.24. The molecule has 0 saturated heterocycles. The third kappa shape index (κ3) is 1.93. The minimum atomic E-state index is -0.987. The normalized spacial score (nSPS) is 15.4. The zero-order valence-electron chi connectivity index (χ0n) is 8.77. The van der Waals surface area contributed by atoms with Crippen LogP contribution in [0.2, 0.25) is 0 Å². The zero-order valence-corrected chi connectivity index (χ0v) is 8.77. The molecule has 0 fully saturated rings. The molecule has 0 aromatic carbocycles. The van der Waals surface area contributed by atoms with Gasteiger partial charge in [0.1, 0.15) is 5.60 Å². The molecule has 5 nitrogen and oxygen atoms in total. The number of aromatic nitrogens is 3. The topological polar surface area (TPSA) is 77.0 Å². The Kier molecular flexibility index (Phi) is 3.60. The molecule has 1 aromatic rings. The van der Waals surface area contributed by atoms with Gasteiger partial charge >= 0.3 is 0 Å². The third-order valence-electron chi connectivity index (χ3n) is 2.45. The largest absolute Gasteiger partial charge is 0.382 e. The molecule has 0 aliphatic rings. The molecule has 5 heteroatoms. The highest BCUT2D eigenvalue weighted by Gasteiger charge is 2.29. The Bertz CT molecular complexity index is 280. The van der Waals surface area contributed by atoms with Gasteiger partial charge in [0.25, 0.3) is 0 Å². The molecule has 1 unspecified atom stereocenters. The van der Waals surface area contributed by atoms with Gasteiger partial charge in [-0.2, -0.15) is 0 Å². The second kappa shape index (κ2) is 4.52. The van der Waals surface area contributed by atoms with Gasteiger partial charge in [-0.1, -0.05) is 19.1 Å². The van der Waals surface area contributed by atoms with E-state index >= 15 is 0 Å². The fourth-order valence-corrected chi connectivity index (χ4v) is 1.43. The van der Waals surface area contributed by atoms with Crippen LogP contribution in [0, 0.1) is 0 Å². The smallest absolute Gasteiger partial charge is 0.120 e. The summed E-state index contributed by atoms with van der Waals surface area (Å²) < 4.78 is 1.72. The van der Waals surface area contributed by atoms with Crippen molar-refractivity contribution in [3.05, 3.63) is 11.9 Å². The molecule has 14 heavy (non-hydrogen) atoms. The van der Waals surface area contributed by atoms with Crippen LogP contribution in [0.1, 0.15) is 32.4 Å². The third-order valence-corrected chi connectivity index (χ3v) is 2.45. The quantitative estimate of drug-likeness (QED) is 0.710. The molecule has 1 rings (SSSR count). The number of nitrogens with two attached hydrogens (primary N) is 1. The maximum absolute atomic E-state index is 10.2. The van der Waals surface area contributed by atoms with Crippen LogP contribution < -0.4 is 5.73 Å².